The maximum Gasteiger partial charge on any atom is 0.311 e. The third-order valence-corrected chi connectivity index (χ3v) is 5.73. The van der Waals surface area contributed by atoms with Crippen molar-refractivity contribution in [2.75, 3.05) is 0 Å². The first-order valence-electron chi connectivity index (χ1n) is 8.64. The van der Waals surface area contributed by atoms with Crippen molar-refractivity contribution >= 4 is 29.1 Å². The Balaban J connectivity index is 1.99. The van der Waals surface area contributed by atoms with Gasteiger partial charge in [-0.25, -0.2) is 0 Å². The third-order valence-electron chi connectivity index (χ3n) is 4.78. The van der Waals surface area contributed by atoms with Crippen LogP contribution in [0.2, 0.25) is 0 Å². The van der Waals surface area contributed by atoms with Gasteiger partial charge in [0.15, 0.2) is 11.8 Å². The lowest BCUT2D eigenvalue weighted by molar-refractivity contribution is -0.150. The van der Waals surface area contributed by atoms with E-state index in [4.69, 9.17) is 15.2 Å². The van der Waals surface area contributed by atoms with Gasteiger partial charge in [-0.05, 0) is 19.8 Å². The highest BCUT2D eigenvalue weighted by Crippen LogP contribution is 2.42. The Morgan fingerprint density at radius 2 is 2.35 bits per heavy atom. The molecule has 1 saturated heterocycles. The Morgan fingerprint density at radius 1 is 1.62 bits per heavy atom. The predicted molar refractivity (Wildman–Crippen MR) is 96.2 cm³/mol. The second-order valence-electron chi connectivity index (χ2n) is 6.59. The maximum absolute atomic E-state index is 12.6. The molecule has 4 N–H and O–H groups in total. The fraction of sp³-hybridized carbons (Fsp3) is 0.688. The van der Waals surface area contributed by atoms with E-state index >= 15 is 0 Å². The summed E-state index contributed by atoms with van der Waals surface area (Å²) in [6.45, 7) is 5.40. The van der Waals surface area contributed by atoms with E-state index < -0.39 is 30.5 Å². The summed E-state index contributed by atoms with van der Waals surface area (Å²) < 4.78 is 12.9. The number of esters is 1. The van der Waals surface area contributed by atoms with Gasteiger partial charge in [0.25, 0.3) is 0 Å². The van der Waals surface area contributed by atoms with Crippen LogP contribution >= 0.6 is 11.3 Å². The Bertz CT molecular complexity index is 773. The van der Waals surface area contributed by atoms with Gasteiger partial charge in [-0.1, -0.05) is 18.3 Å². The zero-order chi connectivity index (χ0) is 19.0. The smallest absolute Gasteiger partial charge is 0.311 e. The first-order valence-corrected chi connectivity index (χ1v) is 9.46. The van der Waals surface area contributed by atoms with Crippen LogP contribution in [0.4, 0.5) is 5.82 Å². The minimum absolute atomic E-state index is 0.216. The van der Waals surface area contributed by atoms with Crippen LogP contribution in [-0.2, 0) is 20.8 Å². The van der Waals surface area contributed by atoms with E-state index in [0.717, 1.165) is 16.2 Å². The Hall–Kier alpha value is -1.91. The molecule has 0 radical (unpaired) electrons. The highest BCUT2D eigenvalue weighted by atomic mass is 32.1. The molecule has 1 unspecified atom stereocenters. The molecule has 0 bridgehead atoms. The van der Waals surface area contributed by atoms with Crippen molar-refractivity contribution in [3.05, 3.63) is 14.5 Å². The summed E-state index contributed by atoms with van der Waals surface area (Å²) in [7, 11) is 0. The Labute approximate surface area is 154 Å². The van der Waals surface area contributed by atoms with Gasteiger partial charge in [-0.3, -0.25) is 14.2 Å². The molecule has 5 atom stereocenters. The number of aliphatic imine (C=N–C) groups is 1. The number of nitrogens with one attached hydrogen (secondary N) is 1. The van der Waals surface area contributed by atoms with Gasteiger partial charge in [0.1, 0.15) is 12.3 Å². The minimum atomic E-state index is -0.683. The number of aromatic nitrogens is 1. The number of thiazole rings is 1. The van der Waals surface area contributed by atoms with Gasteiger partial charge in [0.05, 0.1) is 23.6 Å². The molecule has 1 aromatic rings. The molecule has 0 saturated carbocycles. The van der Waals surface area contributed by atoms with Crippen molar-refractivity contribution in [2.45, 2.75) is 64.7 Å². The number of hydrogen-bond acceptors (Lipinski definition) is 9. The SMILES string of the molecule is CC[C@H](O)C1C[C@@H]([C@@H](C)OC(C)=O)[C@H](n2c3c(sc2=O)CNC(N)=N3)O1. The van der Waals surface area contributed by atoms with Crippen LogP contribution in [0, 0.1) is 5.92 Å². The van der Waals surface area contributed by atoms with Gasteiger partial charge in [-0.2, -0.15) is 4.99 Å². The van der Waals surface area contributed by atoms with Crippen molar-refractivity contribution in [3.8, 4) is 0 Å². The van der Waals surface area contributed by atoms with E-state index in [2.05, 4.69) is 10.3 Å². The van der Waals surface area contributed by atoms with Crippen LogP contribution in [0.15, 0.2) is 9.79 Å². The third kappa shape index (κ3) is 3.49. The number of rotatable bonds is 5. The lowest BCUT2D eigenvalue weighted by Gasteiger charge is -2.26. The molecule has 1 aromatic heterocycles. The van der Waals surface area contributed by atoms with E-state index in [-0.39, 0.29) is 16.8 Å². The first-order chi connectivity index (χ1) is 12.3. The van der Waals surface area contributed by atoms with E-state index in [1.54, 1.807) is 6.92 Å². The normalized spacial score (nSPS) is 27.2. The quantitative estimate of drug-likeness (QED) is 0.634. The highest BCUT2D eigenvalue weighted by Gasteiger charge is 2.45. The molecule has 1 fully saturated rings. The maximum atomic E-state index is 12.6. The summed E-state index contributed by atoms with van der Waals surface area (Å²) in [5.41, 5.74) is 5.76. The standard InChI is InChI=1S/C16H24N4O5S/c1-4-10(22)11-5-9(7(2)24-8(3)21)14(25-11)20-13-12(26-16(20)23)6-18-15(17)19-13/h7,9-11,14,22H,4-6H2,1-3H3,(H3,17,18,19)/t7-,9+,10+,11?,14-/m1/s1. The summed E-state index contributed by atoms with van der Waals surface area (Å²) in [5, 5.41) is 13.1. The van der Waals surface area contributed by atoms with Gasteiger partial charge in [0, 0.05) is 12.8 Å². The van der Waals surface area contributed by atoms with E-state index in [1.165, 1.54) is 11.5 Å². The molecule has 0 aliphatic carbocycles. The zero-order valence-corrected chi connectivity index (χ0v) is 15.8. The number of guanidine groups is 1. The molecular formula is C16H24N4O5S. The summed E-state index contributed by atoms with van der Waals surface area (Å²) in [6.07, 6.45) is -1.26. The van der Waals surface area contributed by atoms with Crippen LogP contribution in [0.5, 0.6) is 0 Å². The fourth-order valence-electron chi connectivity index (χ4n) is 3.46. The van der Waals surface area contributed by atoms with Crippen LogP contribution in [0.3, 0.4) is 0 Å². The van der Waals surface area contributed by atoms with E-state index in [9.17, 15) is 14.7 Å². The number of aliphatic hydroxyl groups is 1. The number of aliphatic hydroxyl groups excluding tert-OH is 1. The van der Waals surface area contributed by atoms with Crippen LogP contribution in [-0.4, -0.2) is 39.9 Å². The lowest BCUT2D eigenvalue weighted by Crippen LogP contribution is -2.34. The number of hydrogen-bond donors (Lipinski definition) is 3. The molecule has 2 aliphatic rings. The summed E-state index contributed by atoms with van der Waals surface area (Å²) >= 11 is 1.08. The average Bonchev–Trinajstić information content (AvgIpc) is 3.13. The number of ether oxygens (including phenoxy) is 2. The lowest BCUT2D eigenvalue weighted by atomic mass is 9.95. The monoisotopic (exact) mass is 384 g/mol. The molecule has 3 rings (SSSR count). The number of carbonyl (C=O) groups excluding carboxylic acids is 1. The van der Waals surface area contributed by atoms with Gasteiger partial charge < -0.3 is 25.6 Å². The zero-order valence-electron chi connectivity index (χ0n) is 15.0. The van der Waals surface area contributed by atoms with Crippen molar-refractivity contribution in [1.29, 1.82) is 0 Å². The molecule has 0 aromatic carbocycles. The van der Waals surface area contributed by atoms with Crippen molar-refractivity contribution in [3.63, 3.8) is 0 Å². The molecule has 3 heterocycles. The second kappa shape index (κ2) is 7.37. The predicted octanol–water partition coefficient (Wildman–Crippen LogP) is 0.585. The molecule has 0 amide bonds. The van der Waals surface area contributed by atoms with E-state index in [0.29, 0.717) is 25.2 Å². The van der Waals surface area contributed by atoms with Crippen molar-refractivity contribution in [1.82, 2.24) is 9.88 Å². The molecule has 0 spiro atoms. The van der Waals surface area contributed by atoms with Gasteiger partial charge in [-0.15, -0.1) is 0 Å². The number of fused-ring (bicyclic) bond motifs is 1. The number of nitrogens with zero attached hydrogens (tertiary/aromatic N) is 2. The molecule has 9 nitrogen and oxygen atoms in total. The highest BCUT2D eigenvalue weighted by molar-refractivity contribution is 7.09. The van der Waals surface area contributed by atoms with Gasteiger partial charge in [0.2, 0.25) is 0 Å². The average molecular weight is 384 g/mol. The first kappa shape index (κ1) is 18.9. The number of carbonyl (C=O) groups is 1. The minimum Gasteiger partial charge on any atom is -0.462 e. The molecular weight excluding hydrogens is 360 g/mol. The second-order valence-corrected chi connectivity index (χ2v) is 7.64. The Morgan fingerprint density at radius 3 is 3.00 bits per heavy atom. The molecule has 10 heteroatoms. The van der Waals surface area contributed by atoms with Crippen molar-refractivity contribution in [2.24, 2.45) is 16.6 Å². The summed E-state index contributed by atoms with van der Waals surface area (Å²) in [6, 6.07) is 0. The summed E-state index contributed by atoms with van der Waals surface area (Å²) in [4.78, 5) is 28.8. The number of nitrogens with two attached hydrogens (primary N) is 1. The fourth-order valence-corrected chi connectivity index (χ4v) is 4.34. The largest absolute Gasteiger partial charge is 0.462 e. The van der Waals surface area contributed by atoms with E-state index in [1.807, 2.05) is 6.92 Å². The molecule has 144 valence electrons. The van der Waals surface area contributed by atoms with Crippen LogP contribution < -0.4 is 15.9 Å². The van der Waals surface area contributed by atoms with Gasteiger partial charge >= 0.3 is 10.8 Å². The summed E-state index contributed by atoms with van der Waals surface area (Å²) in [5.74, 6) is 0.0133. The van der Waals surface area contributed by atoms with Crippen LogP contribution in [0.1, 0.15) is 44.7 Å². The van der Waals surface area contributed by atoms with Crippen LogP contribution in [0.25, 0.3) is 0 Å². The molecule has 2 aliphatic heterocycles. The molecule has 26 heavy (non-hydrogen) atoms. The van der Waals surface area contributed by atoms with Crippen molar-refractivity contribution < 1.29 is 19.4 Å². The topological polar surface area (TPSA) is 128 Å². The Kier molecular flexibility index (Phi) is 5.35.